The lowest BCUT2D eigenvalue weighted by molar-refractivity contribution is -0.00602. The second kappa shape index (κ2) is 6.87. The number of hydrogen-bond acceptors (Lipinski definition) is 3. The minimum atomic E-state index is -0.263. The topological polar surface area (TPSA) is 30.5 Å². The maximum Gasteiger partial charge on any atom is 0.168 e. The van der Waals surface area contributed by atoms with Crippen molar-refractivity contribution < 1.29 is 13.9 Å². The Hall–Kier alpha value is -1.13. The Labute approximate surface area is 114 Å². The summed E-state index contributed by atoms with van der Waals surface area (Å²) in [6.07, 6.45) is 4.13. The van der Waals surface area contributed by atoms with Crippen LogP contribution in [0.15, 0.2) is 18.2 Å². The van der Waals surface area contributed by atoms with Crippen molar-refractivity contribution in [1.29, 1.82) is 0 Å². The van der Waals surface area contributed by atoms with Gasteiger partial charge in [-0.15, -0.1) is 0 Å². The van der Waals surface area contributed by atoms with Crippen molar-refractivity contribution in [2.75, 3.05) is 20.8 Å². The van der Waals surface area contributed by atoms with Crippen molar-refractivity contribution in [1.82, 2.24) is 5.32 Å². The van der Waals surface area contributed by atoms with Gasteiger partial charge in [-0.2, -0.15) is 0 Å². The average Bonchev–Trinajstić information content (AvgIpc) is 2.47. The zero-order valence-electron chi connectivity index (χ0n) is 11.6. The van der Waals surface area contributed by atoms with Gasteiger partial charge >= 0.3 is 0 Å². The Balaban J connectivity index is 2.09. The normalized spacial score (nSPS) is 21.1. The lowest BCUT2D eigenvalue weighted by atomic mass is 9.96. The average molecular weight is 267 g/mol. The van der Waals surface area contributed by atoms with Crippen molar-refractivity contribution in [3.05, 3.63) is 29.6 Å². The highest BCUT2D eigenvalue weighted by Gasteiger charge is 2.24. The zero-order chi connectivity index (χ0) is 13.7. The fourth-order valence-electron chi connectivity index (χ4n) is 2.61. The summed E-state index contributed by atoms with van der Waals surface area (Å²) in [4.78, 5) is 0. The largest absolute Gasteiger partial charge is 0.494 e. The van der Waals surface area contributed by atoms with Crippen LogP contribution in [0.2, 0.25) is 0 Å². The lowest BCUT2D eigenvalue weighted by Gasteiger charge is -2.30. The SMILES string of the molecule is CNC(Cc1cccc(OC)c1F)C1CCCCO1. The number of hydrogen-bond donors (Lipinski definition) is 1. The van der Waals surface area contributed by atoms with Gasteiger partial charge in [0.25, 0.3) is 0 Å². The fourth-order valence-corrected chi connectivity index (χ4v) is 2.61. The van der Waals surface area contributed by atoms with Crippen LogP contribution in [0, 0.1) is 5.82 Å². The molecule has 0 radical (unpaired) electrons. The molecule has 1 heterocycles. The summed E-state index contributed by atoms with van der Waals surface area (Å²) in [5.74, 6) is 0.0398. The summed E-state index contributed by atoms with van der Waals surface area (Å²) in [5.41, 5.74) is 0.674. The van der Waals surface area contributed by atoms with E-state index in [4.69, 9.17) is 9.47 Å². The fraction of sp³-hybridized carbons (Fsp3) is 0.600. The Morgan fingerprint density at radius 2 is 2.32 bits per heavy atom. The summed E-state index contributed by atoms with van der Waals surface area (Å²) < 4.78 is 24.9. The molecule has 19 heavy (non-hydrogen) atoms. The first-order valence-electron chi connectivity index (χ1n) is 6.86. The van der Waals surface area contributed by atoms with E-state index in [9.17, 15) is 4.39 Å². The Morgan fingerprint density at radius 3 is 2.95 bits per heavy atom. The molecule has 0 bridgehead atoms. The number of likely N-dealkylation sites (N-methyl/N-ethyl adjacent to an activating group) is 1. The summed E-state index contributed by atoms with van der Waals surface area (Å²) in [6.45, 7) is 0.809. The van der Waals surface area contributed by atoms with Gasteiger partial charge < -0.3 is 14.8 Å². The van der Waals surface area contributed by atoms with E-state index in [1.807, 2.05) is 19.2 Å². The van der Waals surface area contributed by atoms with E-state index in [0.717, 1.165) is 19.4 Å². The smallest absolute Gasteiger partial charge is 0.168 e. The summed E-state index contributed by atoms with van der Waals surface area (Å²) in [6, 6.07) is 5.42. The van der Waals surface area contributed by atoms with Gasteiger partial charge in [-0.3, -0.25) is 0 Å². The molecule has 2 unspecified atom stereocenters. The number of benzene rings is 1. The van der Waals surface area contributed by atoms with Crippen LogP contribution in [0.25, 0.3) is 0 Å². The number of nitrogens with one attached hydrogen (secondary N) is 1. The zero-order valence-corrected chi connectivity index (χ0v) is 11.6. The van der Waals surface area contributed by atoms with E-state index in [1.54, 1.807) is 6.07 Å². The van der Waals surface area contributed by atoms with Gasteiger partial charge in [0.15, 0.2) is 11.6 Å². The van der Waals surface area contributed by atoms with E-state index in [2.05, 4.69) is 5.32 Å². The molecule has 3 nitrogen and oxygen atoms in total. The molecule has 2 atom stereocenters. The molecule has 1 fully saturated rings. The van der Waals surface area contributed by atoms with Gasteiger partial charge in [-0.25, -0.2) is 4.39 Å². The first-order chi connectivity index (χ1) is 9.26. The predicted molar refractivity (Wildman–Crippen MR) is 73.1 cm³/mol. The summed E-state index contributed by atoms with van der Waals surface area (Å²) >= 11 is 0. The number of halogens is 1. The molecule has 0 spiro atoms. The molecule has 1 saturated heterocycles. The van der Waals surface area contributed by atoms with Crippen LogP contribution in [0.4, 0.5) is 4.39 Å². The van der Waals surface area contributed by atoms with Crippen molar-refractivity contribution in [2.45, 2.75) is 37.8 Å². The maximum absolute atomic E-state index is 14.1. The molecule has 0 saturated carbocycles. The first kappa shape index (κ1) is 14.3. The van der Waals surface area contributed by atoms with Crippen LogP contribution in [0.3, 0.4) is 0 Å². The summed E-state index contributed by atoms with van der Waals surface area (Å²) in [5, 5.41) is 3.25. The number of ether oxygens (including phenoxy) is 2. The standard InChI is InChI=1S/C15H22FNO2/c1-17-12(13-7-3-4-9-19-13)10-11-6-5-8-14(18-2)15(11)16/h5-6,8,12-13,17H,3-4,7,9-10H2,1-2H3. The molecular weight excluding hydrogens is 245 g/mol. The second-order valence-corrected chi connectivity index (χ2v) is 4.94. The maximum atomic E-state index is 14.1. The minimum Gasteiger partial charge on any atom is -0.494 e. The van der Waals surface area contributed by atoms with Gasteiger partial charge in [-0.1, -0.05) is 12.1 Å². The van der Waals surface area contributed by atoms with E-state index in [1.165, 1.54) is 13.5 Å². The van der Waals surface area contributed by atoms with Crippen molar-refractivity contribution >= 4 is 0 Å². The van der Waals surface area contributed by atoms with Crippen molar-refractivity contribution in [3.63, 3.8) is 0 Å². The van der Waals surface area contributed by atoms with Crippen molar-refractivity contribution in [2.24, 2.45) is 0 Å². The summed E-state index contributed by atoms with van der Waals surface area (Å²) in [7, 11) is 3.39. The Bertz CT molecular complexity index is 405. The molecule has 1 aliphatic rings. The van der Waals surface area contributed by atoms with E-state index < -0.39 is 0 Å². The third-order valence-corrected chi connectivity index (χ3v) is 3.74. The van der Waals surface area contributed by atoms with E-state index in [0.29, 0.717) is 17.7 Å². The third-order valence-electron chi connectivity index (χ3n) is 3.74. The van der Waals surface area contributed by atoms with E-state index >= 15 is 0 Å². The highest BCUT2D eigenvalue weighted by molar-refractivity contribution is 5.31. The van der Waals surface area contributed by atoms with Gasteiger partial charge in [0.05, 0.1) is 13.2 Å². The highest BCUT2D eigenvalue weighted by Crippen LogP contribution is 2.24. The second-order valence-electron chi connectivity index (χ2n) is 4.94. The minimum absolute atomic E-state index is 0.141. The van der Waals surface area contributed by atoms with Gasteiger partial charge in [0, 0.05) is 12.6 Å². The van der Waals surface area contributed by atoms with Crippen LogP contribution in [-0.4, -0.2) is 32.9 Å². The quantitative estimate of drug-likeness (QED) is 0.889. The molecule has 0 aromatic heterocycles. The first-order valence-corrected chi connectivity index (χ1v) is 6.86. The Morgan fingerprint density at radius 1 is 1.47 bits per heavy atom. The molecule has 1 aromatic carbocycles. The van der Waals surface area contributed by atoms with E-state index in [-0.39, 0.29) is 18.0 Å². The predicted octanol–water partition coefficient (Wildman–Crippen LogP) is 2.53. The molecule has 106 valence electrons. The van der Waals surface area contributed by atoms with Crippen LogP contribution < -0.4 is 10.1 Å². The van der Waals surface area contributed by atoms with Gasteiger partial charge in [0.2, 0.25) is 0 Å². The van der Waals surface area contributed by atoms with Gasteiger partial charge in [-0.05, 0) is 44.4 Å². The van der Waals surface area contributed by atoms with Crippen LogP contribution in [-0.2, 0) is 11.2 Å². The van der Waals surface area contributed by atoms with Crippen LogP contribution >= 0.6 is 0 Å². The lowest BCUT2D eigenvalue weighted by Crippen LogP contribution is -2.42. The molecule has 1 N–H and O–H groups in total. The highest BCUT2D eigenvalue weighted by atomic mass is 19.1. The molecular formula is C15H22FNO2. The molecule has 0 amide bonds. The van der Waals surface area contributed by atoms with Gasteiger partial charge in [0.1, 0.15) is 0 Å². The molecule has 4 heteroatoms. The molecule has 0 aliphatic carbocycles. The molecule has 1 aliphatic heterocycles. The van der Waals surface area contributed by atoms with Crippen LogP contribution in [0.5, 0.6) is 5.75 Å². The molecule has 1 aromatic rings. The Kier molecular flexibility index (Phi) is 5.16. The third kappa shape index (κ3) is 3.45. The van der Waals surface area contributed by atoms with Crippen LogP contribution in [0.1, 0.15) is 24.8 Å². The molecule has 2 rings (SSSR count). The monoisotopic (exact) mass is 267 g/mol. The van der Waals surface area contributed by atoms with Crippen molar-refractivity contribution in [3.8, 4) is 5.75 Å². The number of rotatable bonds is 5. The number of methoxy groups -OCH3 is 1.